The average Bonchev–Trinajstić information content (AvgIpc) is 3.24. The minimum atomic E-state index is 0.0995. The van der Waals surface area contributed by atoms with E-state index in [1.165, 1.54) is 11.1 Å². The van der Waals surface area contributed by atoms with E-state index in [0.29, 0.717) is 0 Å². The Morgan fingerprint density at radius 2 is 1.75 bits per heavy atom. The van der Waals surface area contributed by atoms with E-state index in [1.54, 1.807) is 11.3 Å². The molecule has 1 saturated heterocycles. The number of nitrogens with zero attached hydrogens (tertiary/aromatic N) is 2. The van der Waals surface area contributed by atoms with E-state index in [-0.39, 0.29) is 11.9 Å². The maximum absolute atomic E-state index is 13.4. The quantitative estimate of drug-likeness (QED) is 0.585. The van der Waals surface area contributed by atoms with Gasteiger partial charge >= 0.3 is 0 Å². The van der Waals surface area contributed by atoms with Gasteiger partial charge in [0.25, 0.3) is 5.91 Å². The highest BCUT2D eigenvalue weighted by Gasteiger charge is 2.29. The lowest BCUT2D eigenvalue weighted by Crippen LogP contribution is -2.47. The van der Waals surface area contributed by atoms with Crippen molar-refractivity contribution in [1.29, 1.82) is 0 Å². The Morgan fingerprint density at radius 3 is 2.39 bits per heavy atom. The Morgan fingerprint density at radius 1 is 1.04 bits per heavy atom. The lowest BCUT2D eigenvalue weighted by molar-refractivity contribution is 0.0958. The zero-order chi connectivity index (χ0) is 19.3. The maximum Gasteiger partial charge on any atom is 0.258 e. The number of carbonyl (C=O) groups excluding carboxylic acids is 1. The molecule has 0 radical (unpaired) electrons. The molecular formula is C24H26N2OS. The third-order valence-corrected chi connectivity index (χ3v) is 6.19. The minimum Gasteiger partial charge on any atom is -0.305 e. The molecule has 3 aromatic rings. The highest BCUT2D eigenvalue weighted by Crippen LogP contribution is 2.26. The lowest BCUT2D eigenvalue weighted by Gasteiger charge is -2.38. The molecular weight excluding hydrogens is 364 g/mol. The normalized spacial score (nSPS) is 15.5. The maximum atomic E-state index is 13.4. The summed E-state index contributed by atoms with van der Waals surface area (Å²) in [5, 5.41) is 4.36. The van der Waals surface area contributed by atoms with Gasteiger partial charge in [0.15, 0.2) is 0 Å². The Bertz CT molecular complexity index is 882. The van der Waals surface area contributed by atoms with Crippen LogP contribution in [0.15, 0.2) is 71.4 Å². The van der Waals surface area contributed by atoms with Gasteiger partial charge in [-0.15, -0.1) is 0 Å². The van der Waals surface area contributed by atoms with Gasteiger partial charge in [-0.3, -0.25) is 9.69 Å². The molecule has 2 aromatic carbocycles. The van der Waals surface area contributed by atoms with Crippen molar-refractivity contribution < 1.29 is 4.79 Å². The molecule has 0 unspecified atom stereocenters. The van der Waals surface area contributed by atoms with Crippen molar-refractivity contribution in [2.45, 2.75) is 32.4 Å². The standard InChI is InChI=1S/C24H26N2OS/c1-19-7-9-21(10-8-19)24(27)26(22-5-3-2-4-6-22)23-11-14-25(15-12-23)17-20-13-16-28-18-20/h2-10,13,16,18,23H,11-12,14-15,17H2,1H3. The number of hydrogen-bond acceptors (Lipinski definition) is 3. The topological polar surface area (TPSA) is 23.6 Å². The second-order valence-corrected chi connectivity index (χ2v) is 8.30. The van der Waals surface area contributed by atoms with E-state index in [9.17, 15) is 4.79 Å². The number of thiophene rings is 1. The molecule has 4 rings (SSSR count). The van der Waals surface area contributed by atoms with Gasteiger partial charge < -0.3 is 4.90 Å². The van der Waals surface area contributed by atoms with Crippen LogP contribution in [0.5, 0.6) is 0 Å². The third-order valence-electron chi connectivity index (χ3n) is 5.46. The molecule has 1 aromatic heterocycles. The zero-order valence-electron chi connectivity index (χ0n) is 16.3. The first-order valence-corrected chi connectivity index (χ1v) is 10.8. The number of para-hydroxylation sites is 1. The van der Waals surface area contributed by atoms with Gasteiger partial charge in [0.2, 0.25) is 0 Å². The molecule has 0 saturated carbocycles. The average molecular weight is 391 g/mol. The Balaban J connectivity index is 1.51. The molecule has 144 valence electrons. The smallest absolute Gasteiger partial charge is 0.258 e. The summed E-state index contributed by atoms with van der Waals surface area (Å²) in [5.41, 5.74) is 4.31. The molecule has 1 amide bonds. The van der Waals surface area contributed by atoms with Crippen molar-refractivity contribution in [3.8, 4) is 0 Å². The summed E-state index contributed by atoms with van der Waals surface area (Å²) >= 11 is 1.75. The molecule has 1 aliphatic heterocycles. The minimum absolute atomic E-state index is 0.0995. The van der Waals surface area contributed by atoms with Crippen molar-refractivity contribution in [2.24, 2.45) is 0 Å². The number of piperidine rings is 1. The summed E-state index contributed by atoms with van der Waals surface area (Å²) < 4.78 is 0. The molecule has 0 N–H and O–H groups in total. The van der Waals surface area contributed by atoms with Crippen LogP contribution >= 0.6 is 11.3 Å². The van der Waals surface area contributed by atoms with Gasteiger partial charge in [0, 0.05) is 36.9 Å². The summed E-state index contributed by atoms with van der Waals surface area (Å²) in [4.78, 5) is 17.9. The van der Waals surface area contributed by atoms with E-state index in [1.807, 2.05) is 66.4 Å². The zero-order valence-corrected chi connectivity index (χ0v) is 17.1. The van der Waals surface area contributed by atoms with Gasteiger partial charge in [-0.25, -0.2) is 0 Å². The van der Waals surface area contributed by atoms with Crippen molar-refractivity contribution >= 4 is 22.9 Å². The van der Waals surface area contributed by atoms with Crippen LogP contribution in [0.3, 0.4) is 0 Å². The Kier molecular flexibility index (Phi) is 5.89. The summed E-state index contributed by atoms with van der Waals surface area (Å²) in [5.74, 6) is 0.0995. The number of anilines is 1. The van der Waals surface area contributed by atoms with Gasteiger partial charge in [0.1, 0.15) is 0 Å². The molecule has 0 bridgehead atoms. The molecule has 0 spiro atoms. The van der Waals surface area contributed by atoms with Gasteiger partial charge in [-0.1, -0.05) is 35.9 Å². The van der Waals surface area contributed by atoms with E-state index >= 15 is 0 Å². The Labute approximate surface area is 171 Å². The highest BCUT2D eigenvalue weighted by atomic mass is 32.1. The van der Waals surface area contributed by atoms with Gasteiger partial charge in [-0.2, -0.15) is 11.3 Å². The van der Waals surface area contributed by atoms with Crippen LogP contribution in [0.1, 0.15) is 34.3 Å². The van der Waals surface area contributed by atoms with Crippen molar-refractivity contribution in [1.82, 2.24) is 4.90 Å². The molecule has 1 fully saturated rings. The number of amides is 1. The van der Waals surface area contributed by atoms with Crippen molar-refractivity contribution in [3.05, 3.63) is 88.1 Å². The van der Waals surface area contributed by atoms with Crippen LogP contribution in [-0.4, -0.2) is 29.9 Å². The fourth-order valence-corrected chi connectivity index (χ4v) is 4.55. The first-order valence-electron chi connectivity index (χ1n) is 9.89. The first kappa shape index (κ1) is 18.9. The second kappa shape index (κ2) is 8.72. The highest BCUT2D eigenvalue weighted by molar-refractivity contribution is 7.07. The number of likely N-dealkylation sites (tertiary alicyclic amines) is 1. The molecule has 3 nitrogen and oxygen atoms in total. The van der Waals surface area contributed by atoms with Gasteiger partial charge in [0.05, 0.1) is 0 Å². The monoisotopic (exact) mass is 390 g/mol. The summed E-state index contributed by atoms with van der Waals surface area (Å²) in [7, 11) is 0. The van der Waals surface area contributed by atoms with E-state index in [0.717, 1.165) is 43.7 Å². The predicted molar refractivity (Wildman–Crippen MR) is 117 cm³/mol. The van der Waals surface area contributed by atoms with E-state index < -0.39 is 0 Å². The fourth-order valence-electron chi connectivity index (χ4n) is 3.89. The molecule has 0 aliphatic carbocycles. The van der Waals surface area contributed by atoms with Crippen LogP contribution in [-0.2, 0) is 6.54 Å². The summed E-state index contributed by atoms with van der Waals surface area (Å²) in [6.45, 7) is 5.09. The molecule has 0 atom stereocenters. The number of benzene rings is 2. The number of aryl methyl sites for hydroxylation is 1. The summed E-state index contributed by atoms with van der Waals surface area (Å²) in [6.07, 6.45) is 1.99. The number of rotatable bonds is 5. The number of hydrogen-bond donors (Lipinski definition) is 0. The second-order valence-electron chi connectivity index (χ2n) is 7.52. The molecule has 4 heteroatoms. The molecule has 28 heavy (non-hydrogen) atoms. The van der Waals surface area contributed by atoms with Crippen LogP contribution in [0.25, 0.3) is 0 Å². The van der Waals surface area contributed by atoms with Crippen molar-refractivity contribution in [2.75, 3.05) is 18.0 Å². The van der Waals surface area contributed by atoms with E-state index in [4.69, 9.17) is 0 Å². The summed E-state index contributed by atoms with van der Waals surface area (Å²) in [6, 6.07) is 20.5. The van der Waals surface area contributed by atoms with Crippen LogP contribution in [0.4, 0.5) is 5.69 Å². The fraction of sp³-hybridized carbons (Fsp3) is 0.292. The van der Waals surface area contributed by atoms with Gasteiger partial charge in [-0.05, 0) is 66.4 Å². The molecule has 2 heterocycles. The van der Waals surface area contributed by atoms with Crippen molar-refractivity contribution in [3.63, 3.8) is 0 Å². The largest absolute Gasteiger partial charge is 0.305 e. The predicted octanol–water partition coefficient (Wildman–Crippen LogP) is 5.37. The third kappa shape index (κ3) is 4.34. The van der Waals surface area contributed by atoms with Crippen LogP contribution in [0.2, 0.25) is 0 Å². The number of carbonyl (C=O) groups is 1. The van der Waals surface area contributed by atoms with Crippen LogP contribution < -0.4 is 4.90 Å². The SMILES string of the molecule is Cc1ccc(C(=O)N(c2ccccc2)C2CCN(Cc3ccsc3)CC2)cc1. The Hall–Kier alpha value is -2.43. The molecule has 1 aliphatic rings. The van der Waals surface area contributed by atoms with E-state index in [2.05, 4.69) is 21.7 Å². The lowest BCUT2D eigenvalue weighted by atomic mass is 10.00. The first-order chi connectivity index (χ1) is 13.7. The van der Waals surface area contributed by atoms with Crippen LogP contribution in [0, 0.1) is 6.92 Å².